The number of nitrogens with zero attached hydrogens (tertiary/aromatic N) is 3. The smallest absolute Gasteiger partial charge is 0.242 e. The van der Waals surface area contributed by atoms with Crippen molar-refractivity contribution >= 4 is 23.4 Å². The molecule has 0 unspecified atom stereocenters. The van der Waals surface area contributed by atoms with Crippen LogP contribution in [0.4, 0.5) is 5.69 Å². The van der Waals surface area contributed by atoms with Gasteiger partial charge in [0.1, 0.15) is 6.54 Å². The molecule has 0 bridgehead atoms. The van der Waals surface area contributed by atoms with Gasteiger partial charge in [-0.2, -0.15) is 0 Å². The minimum Gasteiger partial charge on any atom is -0.378 e. The highest BCUT2D eigenvalue weighted by atomic mass is 16.2. The quantitative estimate of drug-likeness (QED) is 0.595. The zero-order chi connectivity index (χ0) is 18.8. The lowest BCUT2D eigenvalue weighted by Crippen LogP contribution is -2.41. The summed E-state index contributed by atoms with van der Waals surface area (Å²) in [6.45, 7) is 0.272. The van der Waals surface area contributed by atoms with Gasteiger partial charge in [-0.25, -0.2) is 0 Å². The van der Waals surface area contributed by atoms with E-state index in [4.69, 9.17) is 0 Å². The average molecular weight is 355 g/mol. The molecule has 1 aromatic rings. The molecule has 0 N–H and O–H groups in total. The highest BCUT2D eigenvalue weighted by Crippen LogP contribution is 2.34. The molecule has 1 heterocycles. The molecular formula is C20H25N3O3. The SMILES string of the molecule is CN(Cc1ccc(N(C)C)cc1)C(=O)CN1C(=O)[C@H]2CC=CC[C@@H]2C1=O. The van der Waals surface area contributed by atoms with E-state index in [2.05, 4.69) is 0 Å². The van der Waals surface area contributed by atoms with Crippen molar-refractivity contribution in [3.8, 4) is 0 Å². The first-order valence-corrected chi connectivity index (χ1v) is 8.89. The van der Waals surface area contributed by atoms with Gasteiger partial charge in [0.05, 0.1) is 11.8 Å². The Hall–Kier alpha value is -2.63. The molecule has 2 aliphatic rings. The number of imide groups is 1. The number of allylic oxidation sites excluding steroid dienone is 2. The fraction of sp³-hybridized carbons (Fsp3) is 0.450. The van der Waals surface area contributed by atoms with Gasteiger partial charge in [0, 0.05) is 33.4 Å². The Labute approximate surface area is 154 Å². The number of carbonyl (C=O) groups excluding carboxylic acids is 3. The monoisotopic (exact) mass is 355 g/mol. The topological polar surface area (TPSA) is 60.9 Å². The van der Waals surface area contributed by atoms with Crippen molar-refractivity contribution < 1.29 is 14.4 Å². The van der Waals surface area contributed by atoms with E-state index in [9.17, 15) is 14.4 Å². The van der Waals surface area contributed by atoms with Gasteiger partial charge in [-0.1, -0.05) is 24.3 Å². The first-order valence-electron chi connectivity index (χ1n) is 8.89. The molecule has 1 aliphatic heterocycles. The summed E-state index contributed by atoms with van der Waals surface area (Å²) < 4.78 is 0. The van der Waals surface area contributed by atoms with E-state index >= 15 is 0 Å². The van der Waals surface area contributed by atoms with Crippen LogP contribution in [0.1, 0.15) is 18.4 Å². The van der Waals surface area contributed by atoms with E-state index in [1.165, 1.54) is 0 Å². The maximum absolute atomic E-state index is 12.5. The van der Waals surface area contributed by atoms with Gasteiger partial charge >= 0.3 is 0 Å². The predicted molar refractivity (Wildman–Crippen MR) is 99.3 cm³/mol. The second-order valence-electron chi connectivity index (χ2n) is 7.23. The van der Waals surface area contributed by atoms with Crippen LogP contribution in [0.2, 0.25) is 0 Å². The van der Waals surface area contributed by atoms with Crippen molar-refractivity contribution in [3.05, 3.63) is 42.0 Å². The molecule has 1 fully saturated rings. The van der Waals surface area contributed by atoms with E-state index in [0.29, 0.717) is 19.4 Å². The number of hydrogen-bond donors (Lipinski definition) is 0. The lowest BCUT2D eigenvalue weighted by atomic mass is 9.85. The molecule has 1 aromatic carbocycles. The van der Waals surface area contributed by atoms with Crippen LogP contribution in [-0.4, -0.2) is 55.2 Å². The molecule has 0 radical (unpaired) electrons. The Bertz CT molecular complexity index is 713. The average Bonchev–Trinajstić information content (AvgIpc) is 2.87. The molecule has 6 heteroatoms. The maximum atomic E-state index is 12.5. The van der Waals surface area contributed by atoms with Gasteiger partial charge in [0.15, 0.2) is 0 Å². The Balaban J connectivity index is 1.60. The van der Waals surface area contributed by atoms with Gasteiger partial charge in [-0.05, 0) is 30.5 Å². The molecule has 1 saturated heterocycles. The second-order valence-corrected chi connectivity index (χ2v) is 7.23. The van der Waals surface area contributed by atoms with Crippen molar-refractivity contribution in [2.75, 3.05) is 32.6 Å². The Kier molecular flexibility index (Phi) is 5.11. The number of anilines is 1. The van der Waals surface area contributed by atoms with Crippen molar-refractivity contribution in [2.24, 2.45) is 11.8 Å². The summed E-state index contributed by atoms with van der Waals surface area (Å²) in [4.78, 5) is 42.2. The van der Waals surface area contributed by atoms with Gasteiger partial charge in [-0.15, -0.1) is 0 Å². The van der Waals surface area contributed by atoms with Crippen molar-refractivity contribution in [3.63, 3.8) is 0 Å². The Morgan fingerprint density at radius 3 is 2.04 bits per heavy atom. The normalized spacial score (nSPS) is 21.7. The third-order valence-corrected chi connectivity index (χ3v) is 5.19. The van der Waals surface area contributed by atoms with E-state index in [1.807, 2.05) is 55.4 Å². The third-order valence-electron chi connectivity index (χ3n) is 5.19. The van der Waals surface area contributed by atoms with Crippen LogP contribution in [0.5, 0.6) is 0 Å². The summed E-state index contributed by atoms with van der Waals surface area (Å²) in [5, 5.41) is 0. The molecule has 3 rings (SSSR count). The summed E-state index contributed by atoms with van der Waals surface area (Å²) in [5.74, 6) is -1.22. The van der Waals surface area contributed by atoms with E-state index < -0.39 is 0 Å². The maximum Gasteiger partial charge on any atom is 0.242 e. The molecule has 2 atom stereocenters. The number of amides is 3. The van der Waals surface area contributed by atoms with Crippen LogP contribution in [0.25, 0.3) is 0 Å². The Morgan fingerprint density at radius 2 is 1.54 bits per heavy atom. The highest BCUT2D eigenvalue weighted by Gasteiger charge is 2.47. The number of rotatable bonds is 5. The molecule has 26 heavy (non-hydrogen) atoms. The molecule has 0 spiro atoms. The fourth-order valence-corrected chi connectivity index (χ4v) is 3.54. The number of likely N-dealkylation sites (tertiary alicyclic amines) is 1. The molecule has 1 aliphatic carbocycles. The van der Waals surface area contributed by atoms with E-state index in [0.717, 1.165) is 16.2 Å². The predicted octanol–water partition coefficient (Wildman–Crippen LogP) is 1.66. The standard InChI is InChI=1S/C20H25N3O3/c1-21(2)15-10-8-14(9-11-15)12-22(3)18(24)13-23-19(25)16-6-4-5-7-17(16)20(23)26/h4-5,8-11,16-17H,6-7,12-13H2,1-3H3/t16-,17-/m0/s1. The second kappa shape index (κ2) is 7.32. The largest absolute Gasteiger partial charge is 0.378 e. The van der Waals surface area contributed by atoms with Crippen LogP contribution in [-0.2, 0) is 20.9 Å². The lowest BCUT2D eigenvalue weighted by molar-refractivity contribution is -0.146. The number of hydrogen-bond acceptors (Lipinski definition) is 4. The summed E-state index contributed by atoms with van der Waals surface area (Å²) in [6, 6.07) is 7.95. The Morgan fingerprint density at radius 1 is 1.00 bits per heavy atom. The van der Waals surface area contributed by atoms with Crippen molar-refractivity contribution in [1.29, 1.82) is 0 Å². The number of likely N-dealkylation sites (N-methyl/N-ethyl adjacent to an activating group) is 1. The van der Waals surface area contributed by atoms with Gasteiger partial charge in [0.2, 0.25) is 17.7 Å². The van der Waals surface area contributed by atoms with Crippen LogP contribution >= 0.6 is 0 Å². The number of carbonyl (C=O) groups is 3. The first-order chi connectivity index (χ1) is 12.4. The minimum absolute atomic E-state index is 0.170. The molecule has 0 aromatic heterocycles. The van der Waals surface area contributed by atoms with E-state index in [-0.39, 0.29) is 36.1 Å². The molecular weight excluding hydrogens is 330 g/mol. The van der Waals surface area contributed by atoms with Gasteiger partial charge in [-0.3, -0.25) is 19.3 Å². The van der Waals surface area contributed by atoms with Crippen LogP contribution in [0.15, 0.2) is 36.4 Å². The first kappa shape index (κ1) is 18.2. The number of fused-ring (bicyclic) bond motifs is 1. The van der Waals surface area contributed by atoms with Gasteiger partial charge in [0.25, 0.3) is 0 Å². The molecule has 0 saturated carbocycles. The zero-order valence-corrected chi connectivity index (χ0v) is 15.5. The zero-order valence-electron chi connectivity index (χ0n) is 15.5. The molecule has 3 amide bonds. The van der Waals surface area contributed by atoms with Crippen molar-refractivity contribution in [1.82, 2.24) is 9.80 Å². The fourth-order valence-electron chi connectivity index (χ4n) is 3.54. The van der Waals surface area contributed by atoms with E-state index in [1.54, 1.807) is 11.9 Å². The van der Waals surface area contributed by atoms with Crippen LogP contribution in [0.3, 0.4) is 0 Å². The van der Waals surface area contributed by atoms with Crippen LogP contribution in [0, 0.1) is 11.8 Å². The number of benzene rings is 1. The molecule has 138 valence electrons. The third kappa shape index (κ3) is 3.49. The highest BCUT2D eigenvalue weighted by molar-refractivity contribution is 6.07. The summed E-state index contributed by atoms with van der Waals surface area (Å²) in [7, 11) is 5.64. The molecule has 6 nitrogen and oxygen atoms in total. The summed E-state index contributed by atoms with van der Waals surface area (Å²) in [5.41, 5.74) is 2.09. The van der Waals surface area contributed by atoms with Crippen LogP contribution < -0.4 is 4.90 Å². The lowest BCUT2D eigenvalue weighted by Gasteiger charge is -2.21. The summed E-state index contributed by atoms with van der Waals surface area (Å²) in [6.07, 6.45) is 5.07. The van der Waals surface area contributed by atoms with Crippen molar-refractivity contribution in [2.45, 2.75) is 19.4 Å². The summed E-state index contributed by atoms with van der Waals surface area (Å²) >= 11 is 0. The van der Waals surface area contributed by atoms with Gasteiger partial charge < -0.3 is 9.80 Å². The minimum atomic E-state index is -0.288.